The van der Waals surface area contributed by atoms with Crippen LogP contribution in [0.25, 0.3) is 0 Å². The van der Waals surface area contributed by atoms with Crippen LogP contribution in [0, 0.1) is 0 Å². The van der Waals surface area contributed by atoms with Crippen LogP contribution in [0.2, 0.25) is 0 Å². The minimum absolute atomic E-state index is 0.0410. The van der Waals surface area contributed by atoms with E-state index in [2.05, 4.69) is 0 Å². The van der Waals surface area contributed by atoms with Crippen molar-refractivity contribution in [3.63, 3.8) is 0 Å². The molecule has 0 aromatic heterocycles. The Morgan fingerprint density at radius 2 is 1.61 bits per heavy atom. The highest BCUT2D eigenvalue weighted by Gasteiger charge is 2.37. The van der Waals surface area contributed by atoms with Crippen LogP contribution < -0.4 is 9.26 Å². The lowest BCUT2D eigenvalue weighted by molar-refractivity contribution is 0.134. The number of benzene rings is 1. The first-order valence-corrected chi connectivity index (χ1v) is 9.08. The van der Waals surface area contributed by atoms with Crippen molar-refractivity contribution in [2.45, 2.75) is 32.2 Å². The molecule has 8 heteroatoms. The second-order valence-electron chi connectivity index (χ2n) is 5.65. The molecular formula is C15H21O7P. The van der Waals surface area contributed by atoms with Gasteiger partial charge in [0.05, 0.1) is 32.5 Å². The first-order chi connectivity index (χ1) is 11.0. The summed E-state index contributed by atoms with van der Waals surface area (Å²) in [6, 6.07) is 6.99. The van der Waals surface area contributed by atoms with Gasteiger partial charge in [0.15, 0.2) is 11.5 Å². The molecule has 2 heterocycles. The number of phosphoric acid groups is 1. The minimum atomic E-state index is -3.78. The van der Waals surface area contributed by atoms with Crippen molar-refractivity contribution < 1.29 is 32.3 Å². The normalized spacial score (nSPS) is 25.0. The van der Waals surface area contributed by atoms with Gasteiger partial charge in [-0.3, -0.25) is 9.05 Å². The maximum atomic E-state index is 12.9. The van der Waals surface area contributed by atoms with E-state index in [-0.39, 0.29) is 31.5 Å². The molecule has 0 N–H and O–H groups in total. The topological polar surface area (TPSA) is 79.1 Å². The quantitative estimate of drug-likeness (QED) is 0.477. The van der Waals surface area contributed by atoms with Crippen molar-refractivity contribution in [3.05, 3.63) is 24.3 Å². The highest BCUT2D eigenvalue weighted by atomic mass is 31.2. The van der Waals surface area contributed by atoms with Gasteiger partial charge in [0, 0.05) is 0 Å². The van der Waals surface area contributed by atoms with Crippen molar-refractivity contribution in [2.24, 2.45) is 0 Å². The zero-order valence-corrected chi connectivity index (χ0v) is 14.1. The van der Waals surface area contributed by atoms with E-state index in [1.54, 1.807) is 18.2 Å². The van der Waals surface area contributed by atoms with Crippen LogP contribution >= 0.6 is 7.82 Å². The molecule has 2 aliphatic rings. The van der Waals surface area contributed by atoms with E-state index in [4.69, 9.17) is 27.8 Å². The van der Waals surface area contributed by atoms with E-state index in [9.17, 15) is 4.57 Å². The van der Waals surface area contributed by atoms with E-state index in [0.717, 1.165) is 0 Å². The summed E-state index contributed by atoms with van der Waals surface area (Å²) in [5.41, 5.74) is 0. The Hall–Kier alpha value is -1.11. The van der Waals surface area contributed by atoms with Crippen LogP contribution in [0.1, 0.15) is 13.8 Å². The van der Waals surface area contributed by atoms with E-state index < -0.39 is 7.82 Å². The number of para-hydroxylation sites is 2. The molecule has 0 amide bonds. The van der Waals surface area contributed by atoms with Gasteiger partial charge in [0.25, 0.3) is 0 Å². The van der Waals surface area contributed by atoms with Crippen molar-refractivity contribution in [1.82, 2.24) is 0 Å². The standard InChI is InChI=1S/C15H21O7P/c1-11(2)21-14-5-3-4-6-15(14)22-23(16,19-9-12-7-17-12)20-10-13-8-18-13/h3-6,11-13H,7-10H2,1-2H3. The molecule has 0 saturated carbocycles. The Labute approximate surface area is 135 Å². The SMILES string of the molecule is CC(C)Oc1ccccc1OP(=O)(OCC1CO1)OCC1CO1. The molecular weight excluding hydrogens is 323 g/mol. The smallest absolute Gasteiger partial charge is 0.487 e. The summed E-state index contributed by atoms with van der Waals surface area (Å²) in [5, 5.41) is 0. The predicted octanol–water partition coefficient (Wildman–Crippen LogP) is 2.79. The number of rotatable bonds is 10. The van der Waals surface area contributed by atoms with Gasteiger partial charge in [-0.1, -0.05) is 12.1 Å². The molecule has 0 bridgehead atoms. The third kappa shape index (κ3) is 5.48. The molecule has 2 fully saturated rings. The second-order valence-corrected chi connectivity index (χ2v) is 7.25. The zero-order chi connectivity index (χ0) is 16.3. The maximum Gasteiger partial charge on any atom is 0.530 e. The summed E-state index contributed by atoms with van der Waals surface area (Å²) in [4.78, 5) is 0. The van der Waals surface area contributed by atoms with E-state index in [1.807, 2.05) is 19.9 Å². The van der Waals surface area contributed by atoms with Crippen LogP contribution in [-0.2, 0) is 23.1 Å². The van der Waals surface area contributed by atoms with Crippen molar-refractivity contribution in [1.29, 1.82) is 0 Å². The molecule has 0 aliphatic carbocycles. The Balaban J connectivity index is 1.69. The molecule has 2 unspecified atom stereocenters. The molecule has 1 aromatic rings. The molecule has 7 nitrogen and oxygen atoms in total. The van der Waals surface area contributed by atoms with Crippen LogP contribution in [0.15, 0.2) is 24.3 Å². The average Bonchev–Trinajstić information content (AvgIpc) is 3.38. The first kappa shape index (κ1) is 16.7. The number of phosphoric ester groups is 1. The molecule has 0 spiro atoms. The van der Waals surface area contributed by atoms with E-state index in [1.165, 1.54) is 0 Å². The third-order valence-corrected chi connectivity index (χ3v) is 4.41. The molecule has 2 aliphatic heterocycles. The van der Waals surface area contributed by atoms with Gasteiger partial charge in [0.1, 0.15) is 12.2 Å². The summed E-state index contributed by atoms with van der Waals surface area (Å²) >= 11 is 0. The van der Waals surface area contributed by atoms with Crippen LogP contribution in [0.4, 0.5) is 0 Å². The molecule has 0 radical (unpaired) electrons. The number of ether oxygens (including phenoxy) is 3. The molecule has 128 valence electrons. The number of hydrogen-bond acceptors (Lipinski definition) is 7. The Bertz CT molecular complexity index is 549. The first-order valence-electron chi connectivity index (χ1n) is 7.62. The van der Waals surface area contributed by atoms with Crippen LogP contribution in [0.5, 0.6) is 11.5 Å². The summed E-state index contributed by atoms with van der Waals surface area (Å²) in [5.74, 6) is 0.804. The van der Waals surface area contributed by atoms with E-state index >= 15 is 0 Å². The lowest BCUT2D eigenvalue weighted by Gasteiger charge is -2.20. The van der Waals surface area contributed by atoms with Crippen molar-refractivity contribution >= 4 is 7.82 Å². The van der Waals surface area contributed by atoms with E-state index in [0.29, 0.717) is 24.7 Å². The summed E-state index contributed by atoms with van der Waals surface area (Å²) in [6.07, 6.45) is -0.134. The van der Waals surface area contributed by atoms with Gasteiger partial charge in [0.2, 0.25) is 0 Å². The second kappa shape index (κ2) is 7.20. The average molecular weight is 344 g/mol. The third-order valence-electron chi connectivity index (χ3n) is 3.06. The highest BCUT2D eigenvalue weighted by molar-refractivity contribution is 7.48. The van der Waals surface area contributed by atoms with Gasteiger partial charge >= 0.3 is 7.82 Å². The fourth-order valence-corrected chi connectivity index (χ4v) is 3.03. The molecule has 2 atom stereocenters. The summed E-state index contributed by atoms with van der Waals surface area (Å²) in [7, 11) is -3.78. The maximum absolute atomic E-state index is 12.9. The van der Waals surface area contributed by atoms with Crippen LogP contribution in [-0.4, -0.2) is 44.7 Å². The van der Waals surface area contributed by atoms with Crippen molar-refractivity contribution in [3.8, 4) is 11.5 Å². The van der Waals surface area contributed by atoms with Gasteiger partial charge in [-0.05, 0) is 26.0 Å². The van der Waals surface area contributed by atoms with Crippen LogP contribution in [0.3, 0.4) is 0 Å². The fourth-order valence-electron chi connectivity index (χ4n) is 1.76. The van der Waals surface area contributed by atoms with Gasteiger partial charge in [-0.25, -0.2) is 4.57 Å². The molecule has 2 saturated heterocycles. The largest absolute Gasteiger partial charge is 0.530 e. The highest BCUT2D eigenvalue weighted by Crippen LogP contribution is 2.52. The Kier molecular flexibility index (Phi) is 5.24. The predicted molar refractivity (Wildman–Crippen MR) is 81.8 cm³/mol. The monoisotopic (exact) mass is 344 g/mol. The molecule has 1 aromatic carbocycles. The molecule has 23 heavy (non-hydrogen) atoms. The summed E-state index contributed by atoms with van der Waals surface area (Å²) < 4.78 is 44.9. The van der Waals surface area contributed by atoms with Gasteiger partial charge < -0.3 is 18.7 Å². The minimum Gasteiger partial charge on any atom is -0.487 e. The number of epoxide rings is 2. The lowest BCUT2D eigenvalue weighted by Crippen LogP contribution is -2.11. The van der Waals surface area contributed by atoms with Gasteiger partial charge in [-0.15, -0.1) is 0 Å². The number of hydrogen-bond donors (Lipinski definition) is 0. The fraction of sp³-hybridized carbons (Fsp3) is 0.600. The van der Waals surface area contributed by atoms with Gasteiger partial charge in [-0.2, -0.15) is 0 Å². The lowest BCUT2D eigenvalue weighted by atomic mass is 10.3. The van der Waals surface area contributed by atoms with Crippen molar-refractivity contribution in [2.75, 3.05) is 26.4 Å². The molecule has 3 rings (SSSR count). The summed E-state index contributed by atoms with van der Waals surface area (Å²) in [6.45, 7) is 5.32. The Morgan fingerprint density at radius 1 is 1.09 bits per heavy atom. The Morgan fingerprint density at radius 3 is 2.09 bits per heavy atom. The zero-order valence-electron chi connectivity index (χ0n) is 13.2.